The first-order valence-electron chi connectivity index (χ1n) is 13.1. The first-order chi connectivity index (χ1) is 18.7. The number of rotatable bonds is 12. The van der Waals surface area contributed by atoms with Gasteiger partial charge in [0.1, 0.15) is 24.4 Å². The number of aromatic nitrogens is 1. The third-order valence-electron chi connectivity index (χ3n) is 6.31. The molecule has 1 aromatic heterocycles. The molecule has 0 saturated heterocycles. The van der Waals surface area contributed by atoms with Gasteiger partial charge >= 0.3 is 0 Å². The van der Waals surface area contributed by atoms with Crippen molar-refractivity contribution in [2.24, 2.45) is 10.7 Å². The number of nitrogens with zero attached hydrogens (tertiary/aromatic N) is 2. The highest BCUT2D eigenvalue weighted by atomic mass is 16.5. The number of aliphatic imine (C=N–C) groups is 1. The molecule has 1 aliphatic heterocycles. The summed E-state index contributed by atoms with van der Waals surface area (Å²) in [5.74, 6) is 1.65. The van der Waals surface area contributed by atoms with Crippen molar-refractivity contribution in [3.05, 3.63) is 102 Å². The second-order valence-corrected chi connectivity index (χ2v) is 9.05. The Hall–Kier alpha value is -4.10. The van der Waals surface area contributed by atoms with Crippen molar-refractivity contribution in [1.29, 1.82) is 0 Å². The van der Waals surface area contributed by atoms with Gasteiger partial charge in [0, 0.05) is 42.9 Å². The van der Waals surface area contributed by atoms with Gasteiger partial charge in [-0.1, -0.05) is 43.7 Å². The van der Waals surface area contributed by atoms with E-state index in [1.807, 2.05) is 36.5 Å². The van der Waals surface area contributed by atoms with E-state index in [0.717, 1.165) is 71.0 Å². The standard InChI is InChI=1S/C31H37N5O2/c1-3-4-18-37-19-6-7-23(15-16-32)22-38-27-12-9-24(10-13-27)25-11-14-29-28(20-25)31(33-2)36-30(35-29)26-8-5-17-34-21-26/h5,7-17,20-21,30,35H,3-4,6,18-19,22,32H2,1-2H3,(H,33,36)/b16-15-,23-7+. The number of unbranched alkanes of at least 4 members (excludes halogenated alkanes) is 1. The van der Waals surface area contributed by atoms with Gasteiger partial charge in [-0.25, -0.2) is 0 Å². The van der Waals surface area contributed by atoms with Crippen LogP contribution in [0.15, 0.2) is 95.9 Å². The second-order valence-electron chi connectivity index (χ2n) is 9.05. The highest BCUT2D eigenvalue weighted by Gasteiger charge is 2.23. The van der Waals surface area contributed by atoms with Crippen LogP contribution in [0.1, 0.15) is 43.5 Å². The summed E-state index contributed by atoms with van der Waals surface area (Å²) in [5.41, 5.74) is 12.0. The van der Waals surface area contributed by atoms with Crippen LogP contribution in [0.3, 0.4) is 0 Å². The molecule has 1 aliphatic rings. The minimum absolute atomic E-state index is 0.0844. The Bertz CT molecular complexity index is 1250. The van der Waals surface area contributed by atoms with E-state index in [9.17, 15) is 0 Å². The first-order valence-corrected chi connectivity index (χ1v) is 13.1. The third-order valence-corrected chi connectivity index (χ3v) is 6.31. The van der Waals surface area contributed by atoms with E-state index in [1.54, 1.807) is 19.4 Å². The maximum atomic E-state index is 6.03. The molecule has 2 heterocycles. The molecule has 38 heavy (non-hydrogen) atoms. The van der Waals surface area contributed by atoms with Crippen molar-refractivity contribution in [2.75, 3.05) is 32.2 Å². The molecule has 4 N–H and O–H groups in total. The smallest absolute Gasteiger partial charge is 0.131 e. The number of pyridine rings is 1. The molecule has 0 spiro atoms. The van der Waals surface area contributed by atoms with Crippen molar-refractivity contribution in [3.63, 3.8) is 0 Å². The molecule has 1 atom stereocenters. The molecule has 0 aliphatic carbocycles. The molecule has 0 amide bonds. The van der Waals surface area contributed by atoms with E-state index in [1.165, 1.54) is 0 Å². The lowest BCUT2D eigenvalue weighted by atomic mass is 9.99. The minimum atomic E-state index is -0.0844. The quantitative estimate of drug-likeness (QED) is 0.209. The third kappa shape index (κ3) is 7.23. The average molecular weight is 512 g/mol. The number of nitrogens with one attached hydrogen (secondary N) is 2. The summed E-state index contributed by atoms with van der Waals surface area (Å²) < 4.78 is 11.7. The number of anilines is 1. The highest BCUT2D eigenvalue weighted by Crippen LogP contribution is 2.31. The summed E-state index contributed by atoms with van der Waals surface area (Å²) in [5, 5.41) is 7.03. The number of hydrogen-bond donors (Lipinski definition) is 3. The summed E-state index contributed by atoms with van der Waals surface area (Å²) in [6.45, 7) is 4.13. The predicted molar refractivity (Wildman–Crippen MR) is 155 cm³/mol. The van der Waals surface area contributed by atoms with E-state index < -0.39 is 0 Å². The van der Waals surface area contributed by atoms with Crippen molar-refractivity contribution in [3.8, 4) is 16.9 Å². The zero-order chi connectivity index (χ0) is 26.6. The van der Waals surface area contributed by atoms with Gasteiger partial charge in [0.05, 0.1) is 6.61 Å². The predicted octanol–water partition coefficient (Wildman–Crippen LogP) is 5.82. The molecule has 0 radical (unpaired) electrons. The van der Waals surface area contributed by atoms with Crippen LogP contribution in [0, 0.1) is 0 Å². The molecule has 1 unspecified atom stereocenters. The number of ether oxygens (including phenoxy) is 2. The Morgan fingerprint density at radius 1 is 1.08 bits per heavy atom. The van der Waals surface area contributed by atoms with Crippen molar-refractivity contribution < 1.29 is 9.47 Å². The van der Waals surface area contributed by atoms with Crippen LogP contribution < -0.4 is 21.1 Å². The fourth-order valence-corrected chi connectivity index (χ4v) is 4.24. The Balaban J connectivity index is 1.39. The number of amidine groups is 1. The highest BCUT2D eigenvalue weighted by molar-refractivity contribution is 6.06. The van der Waals surface area contributed by atoms with Gasteiger partial charge < -0.3 is 25.8 Å². The Morgan fingerprint density at radius 3 is 2.66 bits per heavy atom. The molecule has 3 aromatic rings. The molecule has 0 bridgehead atoms. The summed E-state index contributed by atoms with van der Waals surface area (Å²) in [4.78, 5) is 8.74. The molecule has 2 aromatic carbocycles. The van der Waals surface area contributed by atoms with Crippen LogP contribution in [0.5, 0.6) is 5.75 Å². The maximum absolute atomic E-state index is 6.03. The fourth-order valence-electron chi connectivity index (χ4n) is 4.24. The summed E-state index contributed by atoms with van der Waals surface area (Å²) in [6.07, 6.45) is 12.2. The molecule has 7 nitrogen and oxygen atoms in total. The fraction of sp³-hybridized carbons (Fsp3) is 0.290. The lowest BCUT2D eigenvalue weighted by molar-refractivity contribution is 0.135. The SMILES string of the molecule is CCCCOCC/C=C(\C=C/N)COc1ccc(-c2ccc3c(c2)C(=NC)NC(c2cccnc2)N3)cc1. The van der Waals surface area contributed by atoms with Crippen LogP contribution in [-0.2, 0) is 4.74 Å². The molecule has 0 fully saturated rings. The molecule has 0 saturated carbocycles. The van der Waals surface area contributed by atoms with Gasteiger partial charge in [-0.2, -0.15) is 0 Å². The topological polar surface area (TPSA) is 93.8 Å². The molecule has 198 valence electrons. The van der Waals surface area contributed by atoms with E-state index in [4.69, 9.17) is 15.2 Å². The van der Waals surface area contributed by atoms with Gasteiger partial charge in [-0.15, -0.1) is 0 Å². The average Bonchev–Trinajstić information content (AvgIpc) is 2.97. The zero-order valence-corrected chi connectivity index (χ0v) is 22.2. The monoisotopic (exact) mass is 511 g/mol. The number of nitrogens with two attached hydrogens (primary N) is 1. The van der Waals surface area contributed by atoms with Crippen molar-refractivity contribution in [1.82, 2.24) is 10.3 Å². The van der Waals surface area contributed by atoms with Gasteiger partial charge in [-0.3, -0.25) is 9.98 Å². The van der Waals surface area contributed by atoms with E-state index >= 15 is 0 Å². The number of hydrogen-bond acceptors (Lipinski definition) is 6. The van der Waals surface area contributed by atoms with Gasteiger partial charge in [0.25, 0.3) is 0 Å². The van der Waals surface area contributed by atoms with Crippen molar-refractivity contribution >= 4 is 11.5 Å². The van der Waals surface area contributed by atoms with Crippen LogP contribution in [0.25, 0.3) is 11.1 Å². The normalized spacial score (nSPS) is 16.2. The maximum Gasteiger partial charge on any atom is 0.131 e. The summed E-state index contributed by atoms with van der Waals surface area (Å²) in [6, 6.07) is 18.5. The lowest BCUT2D eigenvalue weighted by Gasteiger charge is -2.30. The number of fused-ring (bicyclic) bond motifs is 1. The van der Waals surface area contributed by atoms with Gasteiger partial charge in [-0.05, 0) is 72.1 Å². The van der Waals surface area contributed by atoms with Crippen LogP contribution in [0.4, 0.5) is 5.69 Å². The van der Waals surface area contributed by atoms with E-state index in [0.29, 0.717) is 13.2 Å². The van der Waals surface area contributed by atoms with E-state index in [2.05, 4.69) is 63.9 Å². The lowest BCUT2D eigenvalue weighted by Crippen LogP contribution is -2.39. The summed E-state index contributed by atoms with van der Waals surface area (Å²) in [7, 11) is 1.80. The van der Waals surface area contributed by atoms with Crippen molar-refractivity contribution in [2.45, 2.75) is 32.4 Å². The van der Waals surface area contributed by atoms with Crippen LogP contribution in [0.2, 0.25) is 0 Å². The Kier molecular flexibility index (Phi) is 9.93. The molecular formula is C31H37N5O2. The Morgan fingerprint density at radius 2 is 1.92 bits per heavy atom. The van der Waals surface area contributed by atoms with E-state index in [-0.39, 0.29) is 6.17 Å². The van der Waals surface area contributed by atoms with Gasteiger partial charge in [0.2, 0.25) is 0 Å². The largest absolute Gasteiger partial charge is 0.489 e. The van der Waals surface area contributed by atoms with Crippen LogP contribution in [-0.4, -0.2) is 37.7 Å². The van der Waals surface area contributed by atoms with Gasteiger partial charge in [0.15, 0.2) is 0 Å². The van der Waals surface area contributed by atoms with Crippen LogP contribution >= 0.6 is 0 Å². The number of benzene rings is 2. The first kappa shape index (κ1) is 26.9. The molecule has 4 rings (SSSR count). The molecule has 7 heteroatoms. The molecular weight excluding hydrogens is 474 g/mol. The Labute approximate surface area is 225 Å². The zero-order valence-electron chi connectivity index (χ0n) is 22.2. The minimum Gasteiger partial charge on any atom is -0.489 e. The second kappa shape index (κ2) is 14.0. The summed E-state index contributed by atoms with van der Waals surface area (Å²) >= 11 is 0.